The van der Waals surface area contributed by atoms with Crippen molar-refractivity contribution in [2.75, 3.05) is 19.8 Å². The molecule has 0 N–H and O–H groups in total. The minimum Gasteiger partial charge on any atom is -0.463 e. The van der Waals surface area contributed by atoms with Gasteiger partial charge in [0.1, 0.15) is 17.6 Å². The summed E-state index contributed by atoms with van der Waals surface area (Å²) in [7, 11) is 0. The lowest BCUT2D eigenvalue weighted by Gasteiger charge is -2.14. The Morgan fingerprint density at radius 2 is 1.50 bits per heavy atom. The van der Waals surface area contributed by atoms with Gasteiger partial charge in [-0.05, 0) is 26.0 Å². The Morgan fingerprint density at radius 3 is 2.00 bits per heavy atom. The third kappa shape index (κ3) is 2.95. The van der Waals surface area contributed by atoms with Gasteiger partial charge in [0.05, 0.1) is 6.61 Å². The van der Waals surface area contributed by atoms with Crippen LogP contribution in [0, 0.1) is 0 Å². The topological polar surface area (TPSA) is 88.8 Å². The predicted molar refractivity (Wildman–Crippen MR) is 77.7 cm³/mol. The second-order valence-corrected chi connectivity index (χ2v) is 4.18. The Bertz CT molecular complexity index is 792. The van der Waals surface area contributed by atoms with Crippen LogP contribution in [0.1, 0.15) is 13.8 Å². The van der Waals surface area contributed by atoms with Crippen LogP contribution in [0.3, 0.4) is 0 Å². The van der Waals surface area contributed by atoms with Crippen molar-refractivity contribution in [3.63, 3.8) is 0 Å². The fraction of sp³-hybridized carbons (Fsp3) is 0.357. The fourth-order valence-electron chi connectivity index (χ4n) is 1.91. The lowest BCUT2D eigenvalue weighted by atomic mass is 10.3. The van der Waals surface area contributed by atoms with Crippen LogP contribution in [-0.2, 0) is 9.53 Å². The van der Waals surface area contributed by atoms with Crippen molar-refractivity contribution in [1.82, 2.24) is 9.46 Å². The van der Waals surface area contributed by atoms with Crippen molar-refractivity contribution < 1.29 is 19.2 Å². The third-order valence-corrected chi connectivity index (χ3v) is 2.75. The summed E-state index contributed by atoms with van der Waals surface area (Å²) in [6.45, 7) is 3.30. The number of esters is 1. The molecule has 8 nitrogen and oxygen atoms in total. The Morgan fingerprint density at radius 1 is 0.955 bits per heavy atom. The van der Waals surface area contributed by atoms with Crippen molar-refractivity contribution in [2.45, 2.75) is 13.8 Å². The highest BCUT2D eigenvalue weighted by atomic mass is 16.7. The van der Waals surface area contributed by atoms with Crippen LogP contribution < -0.4 is 20.8 Å². The van der Waals surface area contributed by atoms with Crippen molar-refractivity contribution >= 4 is 17.0 Å². The van der Waals surface area contributed by atoms with E-state index >= 15 is 0 Å². The average molecular weight is 308 g/mol. The molecule has 0 saturated heterocycles. The molecule has 0 unspecified atom stereocenters. The second-order valence-electron chi connectivity index (χ2n) is 4.18. The van der Waals surface area contributed by atoms with E-state index in [1.807, 2.05) is 0 Å². The number of aromatic nitrogens is 2. The number of fused-ring (bicyclic) bond motifs is 1. The standard InChI is InChI=1S/C14H16N2O6/c1-3-20-12(17)9-22-16-11-8-6-5-7-10(11)15(21-4-2)13(18)14(16)19/h5-8H,3-4,9H2,1-2H3. The first-order valence-electron chi connectivity index (χ1n) is 6.79. The molecule has 0 saturated carbocycles. The molecule has 1 heterocycles. The van der Waals surface area contributed by atoms with E-state index in [1.165, 1.54) is 0 Å². The second kappa shape index (κ2) is 6.79. The number of hydrogen-bond donors (Lipinski definition) is 0. The van der Waals surface area contributed by atoms with E-state index < -0.39 is 23.7 Å². The van der Waals surface area contributed by atoms with Crippen LogP contribution in [-0.4, -0.2) is 35.3 Å². The fourth-order valence-corrected chi connectivity index (χ4v) is 1.91. The van der Waals surface area contributed by atoms with Gasteiger partial charge in [-0.25, -0.2) is 4.79 Å². The first-order chi connectivity index (χ1) is 10.6. The van der Waals surface area contributed by atoms with Crippen LogP contribution in [0.15, 0.2) is 33.9 Å². The number of ether oxygens (including phenoxy) is 1. The quantitative estimate of drug-likeness (QED) is 0.533. The van der Waals surface area contributed by atoms with Crippen molar-refractivity contribution in [3.8, 4) is 0 Å². The van der Waals surface area contributed by atoms with Gasteiger partial charge >= 0.3 is 17.1 Å². The Kier molecular flexibility index (Phi) is 4.82. The molecule has 0 amide bonds. The number of rotatable bonds is 6. The van der Waals surface area contributed by atoms with Gasteiger partial charge in [-0.15, -0.1) is 9.46 Å². The maximum atomic E-state index is 12.1. The van der Waals surface area contributed by atoms with Crippen molar-refractivity contribution in [3.05, 3.63) is 45.0 Å². The minimum atomic E-state index is -0.948. The van der Waals surface area contributed by atoms with Gasteiger partial charge in [0.25, 0.3) is 0 Å². The van der Waals surface area contributed by atoms with Gasteiger partial charge in [0.15, 0.2) is 0 Å². The number of para-hydroxylation sites is 2. The van der Waals surface area contributed by atoms with Crippen molar-refractivity contribution in [2.24, 2.45) is 0 Å². The van der Waals surface area contributed by atoms with Gasteiger partial charge < -0.3 is 14.4 Å². The Balaban J connectivity index is 2.53. The van der Waals surface area contributed by atoms with E-state index in [1.54, 1.807) is 38.1 Å². The van der Waals surface area contributed by atoms with Gasteiger partial charge in [0, 0.05) is 0 Å². The first-order valence-corrected chi connectivity index (χ1v) is 6.79. The Hall–Kier alpha value is -2.77. The van der Waals surface area contributed by atoms with E-state index in [9.17, 15) is 14.4 Å². The first kappa shape index (κ1) is 15.6. The summed E-state index contributed by atoms with van der Waals surface area (Å²) in [6, 6.07) is 6.55. The van der Waals surface area contributed by atoms with Crippen LogP contribution in [0.5, 0.6) is 0 Å². The molecular formula is C14H16N2O6. The van der Waals surface area contributed by atoms with Gasteiger partial charge in [-0.2, -0.15) is 0 Å². The zero-order valence-corrected chi connectivity index (χ0v) is 12.3. The van der Waals surface area contributed by atoms with Crippen LogP contribution in [0.4, 0.5) is 0 Å². The summed E-state index contributed by atoms with van der Waals surface area (Å²) in [4.78, 5) is 45.9. The molecule has 2 aromatic rings. The molecule has 0 bridgehead atoms. The smallest absolute Gasteiger partial charge is 0.352 e. The van der Waals surface area contributed by atoms with E-state index in [-0.39, 0.29) is 13.2 Å². The molecule has 0 fully saturated rings. The average Bonchev–Trinajstić information content (AvgIpc) is 2.52. The number of carbonyl (C=O) groups excluding carboxylic acids is 1. The third-order valence-electron chi connectivity index (χ3n) is 2.75. The lowest BCUT2D eigenvalue weighted by molar-refractivity contribution is -0.148. The van der Waals surface area contributed by atoms with E-state index in [2.05, 4.69) is 0 Å². The highest BCUT2D eigenvalue weighted by Crippen LogP contribution is 2.08. The molecule has 2 rings (SSSR count). The molecule has 1 aromatic carbocycles. The molecule has 0 aliphatic rings. The molecule has 0 aliphatic heterocycles. The monoisotopic (exact) mass is 308 g/mol. The zero-order valence-electron chi connectivity index (χ0n) is 12.3. The van der Waals surface area contributed by atoms with Gasteiger partial charge in [0.2, 0.25) is 6.61 Å². The molecule has 1 aromatic heterocycles. The van der Waals surface area contributed by atoms with Gasteiger partial charge in [-0.3, -0.25) is 9.59 Å². The zero-order chi connectivity index (χ0) is 16.1. The molecule has 118 valence electrons. The van der Waals surface area contributed by atoms with Crippen LogP contribution in [0.25, 0.3) is 11.0 Å². The summed E-state index contributed by atoms with van der Waals surface area (Å²) in [5, 5.41) is 0. The lowest BCUT2D eigenvalue weighted by Crippen LogP contribution is -2.46. The Labute approximate surface area is 125 Å². The molecule has 8 heteroatoms. The molecule has 22 heavy (non-hydrogen) atoms. The SMILES string of the molecule is CCOC(=O)COn1c(=O)c(=O)n(OCC)c2ccccc21. The molecule has 0 spiro atoms. The van der Waals surface area contributed by atoms with Gasteiger partial charge in [-0.1, -0.05) is 12.1 Å². The molecule has 0 aliphatic carbocycles. The normalized spacial score (nSPS) is 10.5. The number of carbonyl (C=O) groups is 1. The number of hydrogen-bond acceptors (Lipinski definition) is 6. The largest absolute Gasteiger partial charge is 0.463 e. The molecular weight excluding hydrogens is 292 g/mol. The highest BCUT2D eigenvalue weighted by Gasteiger charge is 2.15. The van der Waals surface area contributed by atoms with Crippen LogP contribution >= 0.6 is 0 Å². The van der Waals surface area contributed by atoms with E-state index in [4.69, 9.17) is 14.4 Å². The molecule has 0 radical (unpaired) electrons. The highest BCUT2D eigenvalue weighted by molar-refractivity contribution is 5.75. The summed E-state index contributed by atoms with van der Waals surface area (Å²) < 4.78 is 6.42. The van der Waals surface area contributed by atoms with E-state index in [0.717, 1.165) is 9.46 Å². The number of benzene rings is 1. The molecule has 0 atom stereocenters. The maximum absolute atomic E-state index is 12.1. The predicted octanol–water partition coefficient (Wildman–Crippen LogP) is -0.397. The summed E-state index contributed by atoms with van der Waals surface area (Å²) in [5.74, 6) is -0.632. The van der Waals surface area contributed by atoms with E-state index in [0.29, 0.717) is 11.0 Å². The van der Waals surface area contributed by atoms with Crippen molar-refractivity contribution in [1.29, 1.82) is 0 Å². The minimum absolute atomic E-state index is 0.198. The van der Waals surface area contributed by atoms with Crippen LogP contribution in [0.2, 0.25) is 0 Å². The maximum Gasteiger partial charge on any atom is 0.352 e. The number of nitrogens with zero attached hydrogens (tertiary/aromatic N) is 2. The summed E-state index contributed by atoms with van der Waals surface area (Å²) >= 11 is 0. The summed E-state index contributed by atoms with van der Waals surface area (Å²) in [6.07, 6.45) is 0. The summed E-state index contributed by atoms with van der Waals surface area (Å²) in [5.41, 5.74) is -1.18.